The highest BCUT2D eigenvalue weighted by atomic mass is 35.5. The van der Waals surface area contributed by atoms with Crippen molar-refractivity contribution in [1.82, 2.24) is 4.98 Å². The van der Waals surface area contributed by atoms with Crippen molar-refractivity contribution in [2.45, 2.75) is 18.4 Å². The van der Waals surface area contributed by atoms with E-state index in [1.54, 1.807) is 6.07 Å². The second kappa shape index (κ2) is 5.04. The summed E-state index contributed by atoms with van der Waals surface area (Å²) in [6.07, 6.45) is 7.40. The first-order valence-corrected chi connectivity index (χ1v) is 7.82. The molecule has 1 aromatic carbocycles. The molecule has 1 aliphatic carbocycles. The van der Waals surface area contributed by atoms with Gasteiger partial charge >= 0.3 is 0 Å². The largest absolute Gasteiger partial charge is 0.375 e. The Balaban J connectivity index is 1.84. The fourth-order valence-corrected chi connectivity index (χ4v) is 4.04. The molecule has 2 heterocycles. The average molecular weight is 317 g/mol. The van der Waals surface area contributed by atoms with Gasteiger partial charge in [0, 0.05) is 17.1 Å². The highest BCUT2D eigenvalue weighted by molar-refractivity contribution is 6.36. The van der Waals surface area contributed by atoms with Crippen molar-refractivity contribution in [3.63, 3.8) is 0 Å². The number of fused-ring (bicyclic) bond motifs is 3. The predicted molar refractivity (Wildman–Crippen MR) is 87.1 cm³/mol. The zero-order valence-corrected chi connectivity index (χ0v) is 12.8. The molecule has 0 bridgehead atoms. The number of pyridine rings is 1. The molecule has 0 saturated carbocycles. The summed E-state index contributed by atoms with van der Waals surface area (Å²) >= 11 is 12.6. The van der Waals surface area contributed by atoms with Gasteiger partial charge in [-0.1, -0.05) is 41.4 Å². The summed E-state index contributed by atoms with van der Waals surface area (Å²) in [5, 5.41) is 4.96. The lowest BCUT2D eigenvalue weighted by atomic mass is 9.78. The fraction of sp³-hybridized carbons (Fsp3) is 0.235. The number of aromatic nitrogens is 1. The quantitative estimate of drug-likeness (QED) is 0.730. The second-order valence-corrected chi connectivity index (χ2v) is 6.43. The number of hydrogen-bond acceptors (Lipinski definition) is 2. The molecule has 0 unspecified atom stereocenters. The number of rotatable bonds is 1. The lowest BCUT2D eigenvalue weighted by molar-refractivity contribution is 0.419. The zero-order valence-electron chi connectivity index (χ0n) is 11.3. The van der Waals surface area contributed by atoms with Crippen molar-refractivity contribution in [2.75, 3.05) is 5.32 Å². The summed E-state index contributed by atoms with van der Waals surface area (Å²) in [6.45, 7) is 0. The van der Waals surface area contributed by atoms with E-state index in [9.17, 15) is 0 Å². The predicted octanol–water partition coefficient (Wildman–Crippen LogP) is 5.21. The topological polar surface area (TPSA) is 24.9 Å². The summed E-state index contributed by atoms with van der Waals surface area (Å²) < 4.78 is 0. The standard InChI is InChI=1S/C17H14Cl2N2/c18-10-8-13-11-4-3-5-12(11)17(15-6-1-2-7-20-15)21-16(13)14(19)9-10/h1-4,6-9,11-12,17,21H,5H2/t11-,12+,17-/m1/s1. The van der Waals surface area contributed by atoms with Crippen LogP contribution in [0.1, 0.15) is 29.6 Å². The Labute approximate surface area is 133 Å². The van der Waals surface area contributed by atoms with Gasteiger partial charge in [-0.3, -0.25) is 4.98 Å². The van der Waals surface area contributed by atoms with Crippen LogP contribution >= 0.6 is 23.2 Å². The van der Waals surface area contributed by atoms with Crippen LogP contribution in [0.25, 0.3) is 0 Å². The maximum atomic E-state index is 6.40. The third-order valence-corrected chi connectivity index (χ3v) is 4.91. The number of hydrogen-bond donors (Lipinski definition) is 1. The fourth-order valence-electron chi connectivity index (χ4n) is 3.47. The lowest BCUT2D eigenvalue weighted by Crippen LogP contribution is -2.29. The highest BCUT2D eigenvalue weighted by Crippen LogP contribution is 2.51. The van der Waals surface area contributed by atoms with Gasteiger partial charge in [-0.05, 0) is 42.2 Å². The van der Waals surface area contributed by atoms with Gasteiger partial charge in [0.15, 0.2) is 0 Å². The minimum absolute atomic E-state index is 0.178. The molecule has 4 heteroatoms. The third-order valence-electron chi connectivity index (χ3n) is 4.39. The first-order valence-electron chi connectivity index (χ1n) is 7.07. The number of allylic oxidation sites excluding steroid dienone is 2. The molecule has 106 valence electrons. The number of nitrogens with one attached hydrogen (secondary N) is 1. The lowest BCUT2D eigenvalue weighted by Gasteiger charge is -2.37. The maximum absolute atomic E-state index is 6.40. The van der Waals surface area contributed by atoms with Crippen LogP contribution in [0.5, 0.6) is 0 Å². The Morgan fingerprint density at radius 1 is 1.19 bits per heavy atom. The Hall–Kier alpha value is -1.51. The van der Waals surface area contributed by atoms with Crippen LogP contribution in [0.2, 0.25) is 10.0 Å². The van der Waals surface area contributed by atoms with Crippen LogP contribution in [-0.4, -0.2) is 4.98 Å². The van der Waals surface area contributed by atoms with E-state index in [4.69, 9.17) is 23.2 Å². The molecule has 0 amide bonds. The van der Waals surface area contributed by atoms with Crippen LogP contribution in [0.3, 0.4) is 0 Å². The maximum Gasteiger partial charge on any atom is 0.0725 e. The highest BCUT2D eigenvalue weighted by Gasteiger charge is 2.39. The molecule has 0 spiro atoms. The summed E-state index contributed by atoms with van der Waals surface area (Å²) in [4.78, 5) is 4.52. The van der Waals surface area contributed by atoms with Gasteiger partial charge in [-0.25, -0.2) is 0 Å². The van der Waals surface area contributed by atoms with E-state index in [0.717, 1.165) is 17.8 Å². The number of nitrogens with zero attached hydrogens (tertiary/aromatic N) is 1. The monoisotopic (exact) mass is 316 g/mol. The zero-order chi connectivity index (χ0) is 14.4. The normalized spacial score (nSPS) is 26.1. The SMILES string of the molecule is Clc1cc(Cl)c2c(c1)[C@@H]1C=CC[C@@H]1[C@H](c1ccccn1)N2. The van der Waals surface area contributed by atoms with Gasteiger partial charge in [0.05, 0.1) is 22.4 Å². The number of halogens is 2. The Morgan fingerprint density at radius 3 is 2.90 bits per heavy atom. The summed E-state index contributed by atoms with van der Waals surface area (Å²) in [5.41, 5.74) is 3.25. The molecule has 21 heavy (non-hydrogen) atoms. The number of anilines is 1. The van der Waals surface area contributed by atoms with Crippen molar-refractivity contribution in [3.05, 3.63) is 70.0 Å². The van der Waals surface area contributed by atoms with Gasteiger partial charge in [-0.15, -0.1) is 0 Å². The molecule has 2 aliphatic rings. The molecule has 1 N–H and O–H groups in total. The Morgan fingerprint density at radius 2 is 2.10 bits per heavy atom. The Bertz CT molecular complexity index is 712. The molecule has 2 aromatic rings. The van der Waals surface area contributed by atoms with E-state index >= 15 is 0 Å². The first kappa shape index (κ1) is 13.2. The van der Waals surface area contributed by atoms with Crippen LogP contribution in [0.4, 0.5) is 5.69 Å². The van der Waals surface area contributed by atoms with Crippen molar-refractivity contribution in [3.8, 4) is 0 Å². The van der Waals surface area contributed by atoms with Crippen molar-refractivity contribution in [2.24, 2.45) is 5.92 Å². The van der Waals surface area contributed by atoms with E-state index < -0.39 is 0 Å². The van der Waals surface area contributed by atoms with Crippen molar-refractivity contribution in [1.29, 1.82) is 0 Å². The van der Waals surface area contributed by atoms with Crippen LogP contribution < -0.4 is 5.32 Å². The van der Waals surface area contributed by atoms with Gasteiger partial charge in [0.25, 0.3) is 0 Å². The molecule has 3 atom stereocenters. The van der Waals surface area contributed by atoms with E-state index in [1.165, 1.54) is 5.56 Å². The van der Waals surface area contributed by atoms with Crippen LogP contribution in [0, 0.1) is 5.92 Å². The molecule has 4 rings (SSSR count). The van der Waals surface area contributed by atoms with Crippen LogP contribution in [-0.2, 0) is 0 Å². The third kappa shape index (κ3) is 2.14. The Kier molecular flexibility index (Phi) is 3.16. The van der Waals surface area contributed by atoms with Gasteiger partial charge < -0.3 is 5.32 Å². The smallest absolute Gasteiger partial charge is 0.0725 e. The molecule has 0 fully saturated rings. The molecule has 0 radical (unpaired) electrons. The summed E-state index contributed by atoms with van der Waals surface area (Å²) in [7, 11) is 0. The molecule has 1 aliphatic heterocycles. The minimum atomic E-state index is 0.178. The average Bonchev–Trinajstić information content (AvgIpc) is 2.97. The molecule has 0 saturated heterocycles. The van der Waals surface area contributed by atoms with Gasteiger partial charge in [-0.2, -0.15) is 0 Å². The van der Waals surface area contributed by atoms with E-state index in [-0.39, 0.29) is 6.04 Å². The van der Waals surface area contributed by atoms with Crippen molar-refractivity contribution >= 4 is 28.9 Å². The summed E-state index contributed by atoms with van der Waals surface area (Å²) in [5.74, 6) is 0.811. The van der Waals surface area contributed by atoms with E-state index in [2.05, 4.69) is 28.5 Å². The molecule has 2 nitrogen and oxygen atoms in total. The van der Waals surface area contributed by atoms with E-state index in [0.29, 0.717) is 21.9 Å². The van der Waals surface area contributed by atoms with Crippen LogP contribution in [0.15, 0.2) is 48.7 Å². The second-order valence-electron chi connectivity index (χ2n) is 5.58. The molecular weight excluding hydrogens is 303 g/mol. The number of benzene rings is 1. The molecular formula is C17H14Cl2N2. The van der Waals surface area contributed by atoms with Gasteiger partial charge in [0.2, 0.25) is 0 Å². The van der Waals surface area contributed by atoms with Gasteiger partial charge in [0.1, 0.15) is 0 Å². The molecule has 1 aromatic heterocycles. The van der Waals surface area contributed by atoms with Crippen molar-refractivity contribution < 1.29 is 0 Å². The minimum Gasteiger partial charge on any atom is -0.375 e. The van der Waals surface area contributed by atoms with E-state index in [1.807, 2.05) is 24.4 Å². The first-order chi connectivity index (χ1) is 10.2. The summed E-state index contributed by atoms with van der Waals surface area (Å²) in [6, 6.07) is 10.0.